The summed E-state index contributed by atoms with van der Waals surface area (Å²) in [4.78, 5) is 21.3. The van der Waals surface area contributed by atoms with Crippen LogP contribution in [0.25, 0.3) is 11.4 Å². The maximum Gasteiger partial charge on any atom is 0.316 e. The highest BCUT2D eigenvalue weighted by atomic mass is 16.5. The summed E-state index contributed by atoms with van der Waals surface area (Å²) < 4.78 is 10.6. The molecule has 1 amide bonds. The highest BCUT2D eigenvalue weighted by Crippen LogP contribution is 2.22. The Kier molecular flexibility index (Phi) is 6.96. The van der Waals surface area contributed by atoms with Crippen LogP contribution in [0.5, 0.6) is 0 Å². The summed E-state index contributed by atoms with van der Waals surface area (Å²) in [5.74, 6) is 0.892. The summed E-state index contributed by atoms with van der Waals surface area (Å²) >= 11 is 0. The number of hydrogen-bond acceptors (Lipinski definition) is 7. The second-order valence-electron chi connectivity index (χ2n) is 8.23. The molecule has 2 aliphatic rings. The molecule has 1 aromatic carbocycles. The SMILES string of the molecule is CC1CCCN(CCCNC(=O)c2nc(-c3ccc(N4CCOCC4)cc3)no2)C1. The number of likely N-dealkylation sites (tertiary alicyclic amines) is 1. The Morgan fingerprint density at radius 1 is 1.20 bits per heavy atom. The quantitative estimate of drug-likeness (QED) is 0.698. The zero-order valence-electron chi connectivity index (χ0n) is 17.7. The predicted octanol–water partition coefficient (Wildman–Crippen LogP) is 2.43. The van der Waals surface area contributed by atoms with Crippen molar-refractivity contribution in [1.82, 2.24) is 20.4 Å². The number of piperidine rings is 1. The Balaban J connectivity index is 1.25. The first-order valence-corrected chi connectivity index (χ1v) is 11.0. The average molecular weight is 414 g/mol. The van der Waals surface area contributed by atoms with Crippen molar-refractivity contribution < 1.29 is 14.1 Å². The molecule has 0 spiro atoms. The zero-order valence-corrected chi connectivity index (χ0v) is 17.7. The molecular formula is C22H31N5O3. The van der Waals surface area contributed by atoms with Gasteiger partial charge in [0.25, 0.3) is 0 Å². The lowest BCUT2D eigenvalue weighted by Gasteiger charge is -2.30. The van der Waals surface area contributed by atoms with E-state index in [2.05, 4.69) is 32.2 Å². The maximum absolute atomic E-state index is 12.3. The number of anilines is 1. The number of carbonyl (C=O) groups excluding carboxylic acids is 1. The monoisotopic (exact) mass is 413 g/mol. The maximum atomic E-state index is 12.3. The Morgan fingerprint density at radius 3 is 2.77 bits per heavy atom. The van der Waals surface area contributed by atoms with Crippen LogP contribution in [0.4, 0.5) is 5.69 Å². The van der Waals surface area contributed by atoms with E-state index in [1.165, 1.54) is 12.8 Å². The summed E-state index contributed by atoms with van der Waals surface area (Å²) in [5, 5.41) is 6.86. The van der Waals surface area contributed by atoms with E-state index in [-0.39, 0.29) is 11.8 Å². The third kappa shape index (κ3) is 5.37. The molecule has 0 bridgehead atoms. The number of morpholine rings is 1. The molecule has 8 heteroatoms. The van der Waals surface area contributed by atoms with E-state index in [1.807, 2.05) is 24.3 Å². The van der Waals surface area contributed by atoms with Gasteiger partial charge in [-0.15, -0.1) is 0 Å². The van der Waals surface area contributed by atoms with E-state index in [4.69, 9.17) is 9.26 Å². The number of carbonyl (C=O) groups is 1. The van der Waals surface area contributed by atoms with Gasteiger partial charge in [0.05, 0.1) is 13.2 Å². The molecular weight excluding hydrogens is 382 g/mol. The van der Waals surface area contributed by atoms with E-state index in [1.54, 1.807) is 0 Å². The van der Waals surface area contributed by atoms with Gasteiger partial charge in [-0.3, -0.25) is 4.79 Å². The Morgan fingerprint density at radius 2 is 2.00 bits per heavy atom. The topological polar surface area (TPSA) is 83.7 Å². The van der Waals surface area contributed by atoms with E-state index < -0.39 is 0 Å². The average Bonchev–Trinajstić information content (AvgIpc) is 3.28. The van der Waals surface area contributed by atoms with Crippen molar-refractivity contribution in [2.24, 2.45) is 5.92 Å². The number of hydrogen-bond donors (Lipinski definition) is 1. The number of aromatic nitrogens is 2. The molecule has 2 aliphatic heterocycles. The molecule has 2 saturated heterocycles. The van der Waals surface area contributed by atoms with Gasteiger partial charge >= 0.3 is 11.8 Å². The van der Waals surface area contributed by atoms with Gasteiger partial charge in [0.15, 0.2) is 0 Å². The summed E-state index contributed by atoms with van der Waals surface area (Å²) in [5.41, 5.74) is 1.97. The third-order valence-corrected chi connectivity index (χ3v) is 5.80. The van der Waals surface area contributed by atoms with Crippen molar-refractivity contribution in [2.75, 3.05) is 57.4 Å². The van der Waals surface area contributed by atoms with Crippen LogP contribution in [-0.4, -0.2) is 73.4 Å². The molecule has 3 heterocycles. The number of nitrogens with zero attached hydrogens (tertiary/aromatic N) is 4. The van der Waals surface area contributed by atoms with Crippen LogP contribution >= 0.6 is 0 Å². The van der Waals surface area contributed by atoms with Crippen molar-refractivity contribution in [2.45, 2.75) is 26.2 Å². The smallest absolute Gasteiger partial charge is 0.316 e. The largest absolute Gasteiger partial charge is 0.378 e. The molecule has 162 valence electrons. The van der Waals surface area contributed by atoms with Crippen molar-refractivity contribution >= 4 is 11.6 Å². The number of amides is 1. The minimum absolute atomic E-state index is 0.00819. The fourth-order valence-electron chi connectivity index (χ4n) is 4.15. The molecule has 30 heavy (non-hydrogen) atoms. The van der Waals surface area contributed by atoms with Crippen molar-refractivity contribution in [1.29, 1.82) is 0 Å². The van der Waals surface area contributed by atoms with Gasteiger partial charge in [-0.05, 0) is 62.5 Å². The molecule has 1 N–H and O–H groups in total. The lowest BCUT2D eigenvalue weighted by atomic mass is 10.0. The van der Waals surface area contributed by atoms with Gasteiger partial charge in [0.2, 0.25) is 5.82 Å². The normalized spacial score (nSPS) is 20.3. The molecule has 2 aromatic rings. The Bertz CT molecular complexity index is 816. The molecule has 1 aromatic heterocycles. The number of nitrogens with one attached hydrogen (secondary N) is 1. The fourth-order valence-corrected chi connectivity index (χ4v) is 4.15. The number of ether oxygens (including phenoxy) is 1. The minimum atomic E-state index is -0.314. The summed E-state index contributed by atoms with van der Waals surface area (Å²) in [6, 6.07) is 7.99. The minimum Gasteiger partial charge on any atom is -0.378 e. The van der Waals surface area contributed by atoms with Gasteiger partial charge in [0.1, 0.15) is 0 Å². The van der Waals surface area contributed by atoms with Crippen LogP contribution in [0.1, 0.15) is 36.9 Å². The van der Waals surface area contributed by atoms with Gasteiger partial charge < -0.3 is 24.4 Å². The van der Waals surface area contributed by atoms with Gasteiger partial charge in [0, 0.05) is 37.4 Å². The molecule has 1 atom stereocenters. The second kappa shape index (κ2) is 10.0. The Labute approximate surface area is 177 Å². The number of rotatable bonds is 7. The summed E-state index contributed by atoms with van der Waals surface area (Å²) in [6.45, 7) is 9.53. The molecule has 0 radical (unpaired) electrons. The van der Waals surface area contributed by atoms with Crippen LogP contribution in [-0.2, 0) is 4.74 Å². The summed E-state index contributed by atoms with van der Waals surface area (Å²) in [7, 11) is 0. The van der Waals surface area contributed by atoms with Crippen LogP contribution in [0.15, 0.2) is 28.8 Å². The Hall–Kier alpha value is -2.45. The second-order valence-corrected chi connectivity index (χ2v) is 8.23. The van der Waals surface area contributed by atoms with E-state index in [0.29, 0.717) is 12.4 Å². The fraction of sp³-hybridized carbons (Fsp3) is 0.591. The zero-order chi connectivity index (χ0) is 20.8. The van der Waals surface area contributed by atoms with Crippen LogP contribution < -0.4 is 10.2 Å². The standard InChI is InChI=1S/C22H31N5O3/c1-17-4-2-10-26(16-17)11-3-9-23-21(28)22-24-20(25-30-22)18-5-7-19(8-6-18)27-12-14-29-15-13-27/h5-8,17H,2-4,9-16H2,1H3,(H,23,28). The number of benzene rings is 1. The first-order valence-electron chi connectivity index (χ1n) is 11.0. The molecule has 2 fully saturated rings. The molecule has 1 unspecified atom stereocenters. The lowest BCUT2D eigenvalue weighted by molar-refractivity contribution is 0.0906. The third-order valence-electron chi connectivity index (χ3n) is 5.80. The first-order chi connectivity index (χ1) is 14.7. The highest BCUT2D eigenvalue weighted by molar-refractivity contribution is 5.89. The van der Waals surface area contributed by atoms with E-state index in [9.17, 15) is 4.79 Å². The molecule has 4 rings (SSSR count). The van der Waals surface area contributed by atoms with Crippen LogP contribution in [0, 0.1) is 5.92 Å². The van der Waals surface area contributed by atoms with Crippen LogP contribution in [0.3, 0.4) is 0 Å². The van der Waals surface area contributed by atoms with Crippen LogP contribution in [0.2, 0.25) is 0 Å². The van der Waals surface area contributed by atoms with E-state index >= 15 is 0 Å². The predicted molar refractivity (Wildman–Crippen MR) is 115 cm³/mol. The van der Waals surface area contributed by atoms with Gasteiger partial charge in [-0.1, -0.05) is 12.1 Å². The lowest BCUT2D eigenvalue weighted by Crippen LogP contribution is -2.36. The van der Waals surface area contributed by atoms with Crippen molar-refractivity contribution in [3.63, 3.8) is 0 Å². The summed E-state index contributed by atoms with van der Waals surface area (Å²) in [6.07, 6.45) is 3.51. The van der Waals surface area contributed by atoms with E-state index in [0.717, 1.165) is 69.5 Å². The van der Waals surface area contributed by atoms with Gasteiger partial charge in [-0.2, -0.15) is 4.98 Å². The van der Waals surface area contributed by atoms with Crippen molar-refractivity contribution in [3.8, 4) is 11.4 Å². The van der Waals surface area contributed by atoms with Gasteiger partial charge in [-0.25, -0.2) is 0 Å². The molecule has 8 nitrogen and oxygen atoms in total. The molecule has 0 saturated carbocycles. The molecule has 0 aliphatic carbocycles. The highest BCUT2D eigenvalue weighted by Gasteiger charge is 2.18. The van der Waals surface area contributed by atoms with Crippen molar-refractivity contribution in [3.05, 3.63) is 30.2 Å². The first kappa shape index (κ1) is 20.8.